The highest BCUT2D eigenvalue weighted by Gasteiger charge is 2.18. The predicted molar refractivity (Wildman–Crippen MR) is 87.1 cm³/mol. The van der Waals surface area contributed by atoms with Crippen molar-refractivity contribution in [2.75, 3.05) is 29.0 Å². The van der Waals surface area contributed by atoms with Gasteiger partial charge in [0.15, 0.2) is 11.6 Å². The van der Waals surface area contributed by atoms with E-state index in [2.05, 4.69) is 52.2 Å². The van der Waals surface area contributed by atoms with Gasteiger partial charge in [0, 0.05) is 18.8 Å². The van der Waals surface area contributed by atoms with Gasteiger partial charge in [0.1, 0.15) is 12.0 Å². The second-order valence-corrected chi connectivity index (χ2v) is 5.66. The number of aryl methyl sites for hydroxylation is 2. The third-order valence-corrected chi connectivity index (χ3v) is 3.75. The average molecular weight is 283 g/mol. The first-order chi connectivity index (χ1) is 10.1. The van der Waals surface area contributed by atoms with Crippen LogP contribution in [0.2, 0.25) is 0 Å². The van der Waals surface area contributed by atoms with E-state index >= 15 is 0 Å². The van der Waals surface area contributed by atoms with Gasteiger partial charge in [-0.25, -0.2) is 9.97 Å². The largest absolute Gasteiger partial charge is 0.393 e. The number of rotatable bonds is 3. The maximum absolute atomic E-state index is 6.26. The van der Waals surface area contributed by atoms with Crippen LogP contribution in [0.1, 0.15) is 24.0 Å². The number of nitrogen functional groups attached to an aromatic ring is 1. The smallest absolute Gasteiger partial charge is 0.159 e. The van der Waals surface area contributed by atoms with E-state index in [-0.39, 0.29) is 0 Å². The van der Waals surface area contributed by atoms with E-state index in [1.54, 1.807) is 6.33 Å². The highest BCUT2D eigenvalue weighted by atomic mass is 15.2. The molecule has 3 rings (SSSR count). The van der Waals surface area contributed by atoms with Crippen LogP contribution in [0.4, 0.5) is 23.0 Å². The fraction of sp³-hybridized carbons (Fsp3) is 0.375. The summed E-state index contributed by atoms with van der Waals surface area (Å²) in [5.74, 6) is 1.52. The van der Waals surface area contributed by atoms with Crippen LogP contribution in [0.25, 0.3) is 0 Å². The van der Waals surface area contributed by atoms with Gasteiger partial charge in [-0.05, 0) is 49.9 Å². The van der Waals surface area contributed by atoms with Crippen LogP contribution in [0.5, 0.6) is 0 Å². The van der Waals surface area contributed by atoms with E-state index in [1.165, 1.54) is 24.0 Å². The Labute approximate surface area is 125 Å². The third kappa shape index (κ3) is 2.91. The zero-order valence-corrected chi connectivity index (χ0v) is 12.6. The van der Waals surface area contributed by atoms with Crippen molar-refractivity contribution in [2.24, 2.45) is 0 Å². The van der Waals surface area contributed by atoms with Gasteiger partial charge in [0.05, 0.1) is 0 Å². The number of hydrogen-bond donors (Lipinski definition) is 2. The van der Waals surface area contributed by atoms with Crippen molar-refractivity contribution in [3.05, 3.63) is 35.7 Å². The van der Waals surface area contributed by atoms with Crippen LogP contribution < -0.4 is 16.0 Å². The van der Waals surface area contributed by atoms with Crippen molar-refractivity contribution in [1.82, 2.24) is 9.97 Å². The number of anilines is 4. The summed E-state index contributed by atoms with van der Waals surface area (Å²) in [4.78, 5) is 10.9. The van der Waals surface area contributed by atoms with Gasteiger partial charge in [-0.2, -0.15) is 0 Å². The van der Waals surface area contributed by atoms with E-state index in [9.17, 15) is 0 Å². The van der Waals surface area contributed by atoms with Crippen molar-refractivity contribution < 1.29 is 0 Å². The molecule has 0 atom stereocenters. The van der Waals surface area contributed by atoms with Gasteiger partial charge >= 0.3 is 0 Å². The lowest BCUT2D eigenvalue weighted by Gasteiger charge is -2.19. The van der Waals surface area contributed by atoms with Crippen molar-refractivity contribution in [1.29, 1.82) is 0 Å². The van der Waals surface area contributed by atoms with Crippen molar-refractivity contribution >= 4 is 23.0 Å². The maximum Gasteiger partial charge on any atom is 0.159 e. The summed E-state index contributed by atoms with van der Waals surface area (Å²) >= 11 is 0. The lowest BCUT2D eigenvalue weighted by atomic mass is 10.1. The highest BCUT2D eigenvalue weighted by Crippen LogP contribution is 2.30. The van der Waals surface area contributed by atoms with Crippen molar-refractivity contribution in [3.63, 3.8) is 0 Å². The van der Waals surface area contributed by atoms with Gasteiger partial charge < -0.3 is 16.0 Å². The first-order valence-corrected chi connectivity index (χ1v) is 7.34. The molecule has 0 unspecified atom stereocenters. The molecule has 0 aliphatic carbocycles. The summed E-state index contributed by atoms with van der Waals surface area (Å²) in [5.41, 5.74) is 10.3. The molecular formula is C16H21N5. The summed E-state index contributed by atoms with van der Waals surface area (Å²) in [5, 5.41) is 3.31. The fourth-order valence-corrected chi connectivity index (χ4v) is 2.85. The Hall–Kier alpha value is -2.30. The number of nitrogens with zero attached hydrogens (tertiary/aromatic N) is 3. The molecule has 21 heavy (non-hydrogen) atoms. The molecule has 0 radical (unpaired) electrons. The standard InChI is InChI=1S/C16H21N5/c1-11-7-12(2)9-13(8-11)20-15-14(17)16(19-10-18-15)21-5-3-4-6-21/h7-10H,3-6,17H2,1-2H3,(H,18,19,20). The number of aromatic nitrogens is 2. The van der Waals surface area contributed by atoms with Gasteiger partial charge in [-0.1, -0.05) is 6.07 Å². The third-order valence-electron chi connectivity index (χ3n) is 3.75. The van der Waals surface area contributed by atoms with Crippen LogP contribution in [0.15, 0.2) is 24.5 Å². The molecule has 110 valence electrons. The van der Waals surface area contributed by atoms with E-state index in [4.69, 9.17) is 5.73 Å². The van der Waals surface area contributed by atoms with Crippen LogP contribution in [-0.4, -0.2) is 23.1 Å². The van der Waals surface area contributed by atoms with Gasteiger partial charge in [0.2, 0.25) is 0 Å². The number of benzene rings is 1. The summed E-state index contributed by atoms with van der Waals surface area (Å²) in [6, 6.07) is 6.32. The van der Waals surface area contributed by atoms with Gasteiger partial charge in [0.25, 0.3) is 0 Å². The van der Waals surface area contributed by atoms with Crippen LogP contribution in [0, 0.1) is 13.8 Å². The summed E-state index contributed by atoms with van der Waals surface area (Å²) in [6.45, 7) is 6.20. The Kier molecular flexibility index (Phi) is 3.64. The molecule has 1 aliphatic rings. The van der Waals surface area contributed by atoms with Crippen LogP contribution in [0.3, 0.4) is 0 Å². The molecule has 2 heterocycles. The van der Waals surface area contributed by atoms with Crippen LogP contribution in [-0.2, 0) is 0 Å². The number of nitrogens with two attached hydrogens (primary N) is 1. The number of hydrogen-bond acceptors (Lipinski definition) is 5. The van der Waals surface area contributed by atoms with E-state index in [1.807, 2.05) is 0 Å². The molecule has 1 saturated heterocycles. The molecule has 0 bridgehead atoms. The van der Waals surface area contributed by atoms with E-state index in [0.717, 1.165) is 24.6 Å². The van der Waals surface area contributed by atoms with E-state index in [0.29, 0.717) is 11.5 Å². The Balaban J connectivity index is 1.90. The summed E-state index contributed by atoms with van der Waals surface area (Å²) in [6.07, 6.45) is 3.97. The molecule has 0 amide bonds. The minimum Gasteiger partial charge on any atom is -0.393 e. The molecule has 5 nitrogen and oxygen atoms in total. The fourth-order valence-electron chi connectivity index (χ4n) is 2.85. The normalized spacial score (nSPS) is 14.5. The minimum atomic E-state index is 0.624. The molecule has 1 fully saturated rings. The van der Waals surface area contributed by atoms with E-state index < -0.39 is 0 Å². The predicted octanol–water partition coefficient (Wildman–Crippen LogP) is 3.02. The highest BCUT2D eigenvalue weighted by molar-refractivity contribution is 5.78. The minimum absolute atomic E-state index is 0.624. The van der Waals surface area contributed by atoms with Crippen molar-refractivity contribution in [2.45, 2.75) is 26.7 Å². The SMILES string of the molecule is Cc1cc(C)cc(Nc2ncnc(N3CCCC3)c2N)c1. The second kappa shape index (κ2) is 5.60. The molecule has 3 N–H and O–H groups in total. The Morgan fingerprint density at radius 1 is 1.05 bits per heavy atom. The first kappa shape index (κ1) is 13.7. The molecule has 1 aromatic heterocycles. The molecular weight excluding hydrogens is 262 g/mol. The lowest BCUT2D eigenvalue weighted by molar-refractivity contribution is 0.931. The summed E-state index contributed by atoms with van der Waals surface area (Å²) in [7, 11) is 0. The molecule has 5 heteroatoms. The Bertz CT molecular complexity index is 627. The zero-order chi connectivity index (χ0) is 14.8. The monoisotopic (exact) mass is 283 g/mol. The Morgan fingerprint density at radius 2 is 1.71 bits per heavy atom. The second-order valence-electron chi connectivity index (χ2n) is 5.66. The molecule has 1 aromatic carbocycles. The molecule has 0 spiro atoms. The lowest BCUT2D eigenvalue weighted by Crippen LogP contribution is -2.21. The van der Waals surface area contributed by atoms with Gasteiger partial charge in [-0.15, -0.1) is 0 Å². The number of nitrogens with one attached hydrogen (secondary N) is 1. The Morgan fingerprint density at radius 3 is 2.38 bits per heavy atom. The molecule has 2 aromatic rings. The average Bonchev–Trinajstić information content (AvgIpc) is 2.94. The van der Waals surface area contributed by atoms with Gasteiger partial charge in [-0.3, -0.25) is 0 Å². The summed E-state index contributed by atoms with van der Waals surface area (Å²) < 4.78 is 0. The zero-order valence-electron chi connectivity index (χ0n) is 12.6. The van der Waals surface area contributed by atoms with Crippen molar-refractivity contribution in [3.8, 4) is 0 Å². The molecule has 1 aliphatic heterocycles. The quantitative estimate of drug-likeness (QED) is 0.906. The topological polar surface area (TPSA) is 67.1 Å². The molecule has 0 saturated carbocycles. The van der Waals surface area contributed by atoms with Crippen LogP contribution >= 0.6 is 0 Å². The maximum atomic E-state index is 6.26. The first-order valence-electron chi connectivity index (χ1n) is 7.34.